The molecule has 0 heterocycles. The molecule has 0 aromatic heterocycles. The summed E-state index contributed by atoms with van der Waals surface area (Å²) in [5.74, 6) is -0.380. The summed E-state index contributed by atoms with van der Waals surface area (Å²) in [6.45, 7) is -1.22. The number of carbonyl (C=O) groups is 1. The lowest BCUT2D eigenvalue weighted by Crippen LogP contribution is -2.23. The fourth-order valence-corrected chi connectivity index (χ4v) is 2.77. The summed E-state index contributed by atoms with van der Waals surface area (Å²) in [6, 6.07) is 13.2. The Morgan fingerprint density at radius 2 is 1.83 bits per heavy atom. The van der Waals surface area contributed by atoms with Crippen LogP contribution in [0.15, 0.2) is 53.4 Å². The van der Waals surface area contributed by atoms with Crippen LogP contribution in [0.25, 0.3) is 0 Å². The van der Waals surface area contributed by atoms with Gasteiger partial charge in [-0.2, -0.15) is 8.78 Å². The maximum Gasteiger partial charge on any atom is 0.387 e. The van der Waals surface area contributed by atoms with Crippen LogP contribution in [0, 0.1) is 0 Å². The van der Waals surface area contributed by atoms with E-state index in [1.54, 1.807) is 31.2 Å². The fourth-order valence-electron chi connectivity index (χ4n) is 1.77. The van der Waals surface area contributed by atoms with E-state index in [0.29, 0.717) is 5.02 Å². The van der Waals surface area contributed by atoms with Crippen molar-refractivity contribution >= 4 is 35.0 Å². The summed E-state index contributed by atoms with van der Waals surface area (Å²) in [5, 5.41) is 2.80. The summed E-state index contributed by atoms with van der Waals surface area (Å²) in [5.41, 5.74) is 0.210. The zero-order valence-corrected chi connectivity index (χ0v) is 13.7. The quantitative estimate of drug-likeness (QED) is 0.734. The van der Waals surface area contributed by atoms with Gasteiger partial charge in [-0.15, -0.1) is 11.8 Å². The van der Waals surface area contributed by atoms with E-state index < -0.39 is 11.9 Å². The summed E-state index contributed by atoms with van der Waals surface area (Å²) in [7, 11) is 0. The maximum absolute atomic E-state index is 12.4. The normalized spacial score (nSPS) is 12.0. The second-order valence-corrected chi connectivity index (χ2v) is 6.43. The minimum absolute atomic E-state index is 0.0699. The molecule has 0 radical (unpaired) electrons. The minimum atomic E-state index is -2.95. The number of hydrogen-bond donors (Lipinski definition) is 1. The molecule has 0 saturated carbocycles. The van der Waals surface area contributed by atoms with Crippen molar-refractivity contribution in [3.05, 3.63) is 53.6 Å². The molecule has 0 saturated heterocycles. The van der Waals surface area contributed by atoms with Gasteiger partial charge < -0.3 is 10.1 Å². The van der Waals surface area contributed by atoms with Gasteiger partial charge in [0.1, 0.15) is 5.75 Å². The van der Waals surface area contributed by atoms with E-state index in [4.69, 9.17) is 11.6 Å². The standard InChI is InChI=1S/C16H14ClF2NO2S/c1-10(23-12-8-6-11(17)7-9-12)15(21)20-13-4-2-3-5-14(13)22-16(18)19/h2-10,16H,1H3,(H,20,21). The first-order chi connectivity index (χ1) is 11.0. The van der Waals surface area contributed by atoms with E-state index in [0.717, 1.165) is 4.90 Å². The maximum atomic E-state index is 12.4. The highest BCUT2D eigenvalue weighted by molar-refractivity contribution is 8.00. The lowest BCUT2D eigenvalue weighted by Gasteiger charge is -2.15. The molecule has 1 unspecified atom stereocenters. The molecule has 1 N–H and O–H groups in total. The van der Waals surface area contributed by atoms with Crippen molar-refractivity contribution < 1.29 is 18.3 Å². The summed E-state index contributed by atoms with van der Waals surface area (Å²) < 4.78 is 29.1. The van der Waals surface area contributed by atoms with E-state index in [1.807, 2.05) is 12.1 Å². The van der Waals surface area contributed by atoms with Gasteiger partial charge in [0.2, 0.25) is 5.91 Å². The SMILES string of the molecule is CC(Sc1ccc(Cl)cc1)C(=O)Nc1ccccc1OC(F)F. The summed E-state index contributed by atoms with van der Waals surface area (Å²) >= 11 is 7.15. The highest BCUT2D eigenvalue weighted by Crippen LogP contribution is 2.28. The van der Waals surface area contributed by atoms with Crippen LogP contribution in [0.2, 0.25) is 5.02 Å². The zero-order valence-electron chi connectivity index (χ0n) is 12.1. The molecule has 0 aliphatic carbocycles. The molecule has 1 amide bonds. The predicted molar refractivity (Wildman–Crippen MR) is 88.5 cm³/mol. The number of hydrogen-bond acceptors (Lipinski definition) is 3. The van der Waals surface area contributed by atoms with Crippen LogP contribution in [-0.4, -0.2) is 17.8 Å². The first-order valence-corrected chi connectivity index (χ1v) is 7.98. The number of halogens is 3. The third-order valence-electron chi connectivity index (χ3n) is 2.86. The molecule has 0 bridgehead atoms. The molecule has 2 rings (SSSR count). The molecule has 0 fully saturated rings. The van der Waals surface area contributed by atoms with Crippen molar-refractivity contribution in [1.82, 2.24) is 0 Å². The number of rotatable bonds is 6. The van der Waals surface area contributed by atoms with Gasteiger partial charge in [-0.1, -0.05) is 23.7 Å². The number of thioether (sulfide) groups is 1. The van der Waals surface area contributed by atoms with Crippen LogP contribution in [-0.2, 0) is 4.79 Å². The Hall–Kier alpha value is -1.79. The highest BCUT2D eigenvalue weighted by atomic mass is 35.5. The Morgan fingerprint density at radius 1 is 1.17 bits per heavy atom. The lowest BCUT2D eigenvalue weighted by molar-refractivity contribution is -0.115. The highest BCUT2D eigenvalue weighted by Gasteiger charge is 2.17. The van der Waals surface area contributed by atoms with Crippen molar-refractivity contribution in [2.45, 2.75) is 23.7 Å². The van der Waals surface area contributed by atoms with Crippen molar-refractivity contribution in [3.63, 3.8) is 0 Å². The number of amides is 1. The third kappa shape index (κ3) is 5.41. The molecule has 2 aromatic rings. The van der Waals surface area contributed by atoms with E-state index >= 15 is 0 Å². The number of ether oxygens (including phenoxy) is 1. The van der Waals surface area contributed by atoms with Gasteiger partial charge in [0.25, 0.3) is 0 Å². The predicted octanol–water partition coefficient (Wildman–Crippen LogP) is 5.06. The fraction of sp³-hybridized carbons (Fsp3) is 0.188. The molecule has 0 aliphatic rings. The van der Waals surface area contributed by atoms with Gasteiger partial charge in [-0.3, -0.25) is 4.79 Å². The van der Waals surface area contributed by atoms with Crippen molar-refractivity contribution in [1.29, 1.82) is 0 Å². The molecule has 0 aliphatic heterocycles. The van der Waals surface area contributed by atoms with Gasteiger partial charge in [0.05, 0.1) is 10.9 Å². The Balaban J connectivity index is 2.02. The first kappa shape index (κ1) is 17.6. The van der Waals surface area contributed by atoms with Gasteiger partial charge in [0.15, 0.2) is 0 Å². The number of anilines is 1. The van der Waals surface area contributed by atoms with E-state index in [2.05, 4.69) is 10.1 Å². The Bertz CT molecular complexity index is 667. The Morgan fingerprint density at radius 3 is 2.48 bits per heavy atom. The van der Waals surface area contributed by atoms with Gasteiger partial charge in [0, 0.05) is 9.92 Å². The van der Waals surface area contributed by atoms with Crippen molar-refractivity contribution in [2.24, 2.45) is 0 Å². The molecular formula is C16H14ClF2NO2S. The summed E-state index contributed by atoms with van der Waals surface area (Å²) in [4.78, 5) is 13.1. The van der Waals surface area contributed by atoms with E-state index in [1.165, 1.54) is 23.9 Å². The molecular weight excluding hydrogens is 344 g/mol. The third-order valence-corrected chi connectivity index (χ3v) is 4.22. The van der Waals surface area contributed by atoms with Crippen LogP contribution in [0.1, 0.15) is 6.92 Å². The average molecular weight is 358 g/mol. The Kier molecular flexibility index (Phi) is 6.24. The van der Waals surface area contributed by atoms with Gasteiger partial charge in [-0.25, -0.2) is 0 Å². The zero-order chi connectivity index (χ0) is 16.8. The number of benzene rings is 2. The second kappa shape index (κ2) is 8.17. The van der Waals surface area contributed by atoms with Crippen LogP contribution in [0.4, 0.5) is 14.5 Å². The average Bonchev–Trinajstić information content (AvgIpc) is 2.51. The Labute approximate surface area is 142 Å². The first-order valence-electron chi connectivity index (χ1n) is 6.72. The largest absolute Gasteiger partial charge is 0.433 e. The number of nitrogens with one attached hydrogen (secondary N) is 1. The van der Waals surface area contributed by atoms with Crippen LogP contribution < -0.4 is 10.1 Å². The van der Waals surface area contributed by atoms with E-state index in [9.17, 15) is 13.6 Å². The van der Waals surface area contributed by atoms with Crippen molar-refractivity contribution in [2.75, 3.05) is 5.32 Å². The van der Waals surface area contributed by atoms with Crippen LogP contribution in [0.5, 0.6) is 5.75 Å². The second-order valence-electron chi connectivity index (χ2n) is 4.58. The van der Waals surface area contributed by atoms with Crippen molar-refractivity contribution in [3.8, 4) is 5.75 Å². The van der Waals surface area contributed by atoms with Crippen LogP contribution in [0.3, 0.4) is 0 Å². The van der Waals surface area contributed by atoms with Gasteiger partial charge in [-0.05, 0) is 43.3 Å². The van der Waals surface area contributed by atoms with Gasteiger partial charge >= 0.3 is 6.61 Å². The molecule has 2 aromatic carbocycles. The molecule has 7 heteroatoms. The minimum Gasteiger partial charge on any atom is -0.433 e. The smallest absolute Gasteiger partial charge is 0.387 e. The topological polar surface area (TPSA) is 38.3 Å². The molecule has 23 heavy (non-hydrogen) atoms. The van der Waals surface area contributed by atoms with E-state index in [-0.39, 0.29) is 17.3 Å². The monoisotopic (exact) mass is 357 g/mol. The molecule has 122 valence electrons. The number of carbonyl (C=O) groups excluding carboxylic acids is 1. The molecule has 1 atom stereocenters. The molecule has 3 nitrogen and oxygen atoms in total. The number of alkyl halides is 2. The van der Waals surface area contributed by atoms with Crippen LogP contribution >= 0.6 is 23.4 Å². The number of para-hydroxylation sites is 2. The summed E-state index contributed by atoms with van der Waals surface area (Å²) in [6.07, 6.45) is 0. The lowest BCUT2D eigenvalue weighted by atomic mass is 10.3. The molecule has 0 spiro atoms.